The van der Waals surface area contributed by atoms with Crippen molar-refractivity contribution in [1.29, 1.82) is 0 Å². The Hall–Kier alpha value is -0.980. The minimum atomic E-state index is -3.77. The molecule has 1 aromatic rings. The number of halogens is 1. The van der Waals surface area contributed by atoms with E-state index in [1.54, 1.807) is 6.07 Å². The van der Waals surface area contributed by atoms with Crippen molar-refractivity contribution in [1.82, 2.24) is 10.0 Å². The fraction of sp³-hybridized carbons (Fsp3) is 0.571. The van der Waals surface area contributed by atoms with Crippen LogP contribution in [0.15, 0.2) is 23.1 Å². The van der Waals surface area contributed by atoms with E-state index in [0.717, 1.165) is 18.5 Å². The highest BCUT2D eigenvalue weighted by Gasteiger charge is 2.19. The van der Waals surface area contributed by atoms with E-state index in [1.165, 1.54) is 12.1 Å². The summed E-state index contributed by atoms with van der Waals surface area (Å²) in [5.41, 5.74) is 0.735. The molecule has 0 atom stereocenters. The van der Waals surface area contributed by atoms with Gasteiger partial charge in [-0.1, -0.05) is 26.8 Å². The Balaban J connectivity index is 2.81. The Kier molecular flexibility index (Phi) is 6.58. The van der Waals surface area contributed by atoms with E-state index in [1.807, 2.05) is 20.8 Å². The summed E-state index contributed by atoms with van der Waals surface area (Å²) in [7, 11) is -3.77. The molecular weight excluding hydrogens is 279 g/mol. The van der Waals surface area contributed by atoms with E-state index in [-0.39, 0.29) is 10.8 Å². The lowest BCUT2D eigenvalue weighted by molar-refractivity contribution is 0.542. The van der Waals surface area contributed by atoms with Crippen LogP contribution in [0.5, 0.6) is 0 Å². The molecule has 0 bridgehead atoms. The van der Waals surface area contributed by atoms with Crippen molar-refractivity contribution < 1.29 is 12.8 Å². The second-order valence-electron chi connectivity index (χ2n) is 5.19. The van der Waals surface area contributed by atoms with Crippen molar-refractivity contribution in [3.63, 3.8) is 0 Å². The minimum absolute atomic E-state index is 0.172. The van der Waals surface area contributed by atoms with Gasteiger partial charge in [0.25, 0.3) is 0 Å². The second kappa shape index (κ2) is 7.71. The highest BCUT2D eigenvalue weighted by Crippen LogP contribution is 2.16. The lowest BCUT2D eigenvalue weighted by Gasteiger charge is -2.11. The number of nitrogens with one attached hydrogen (secondary N) is 2. The average molecular weight is 302 g/mol. The van der Waals surface area contributed by atoms with Crippen LogP contribution in [0.2, 0.25) is 0 Å². The number of sulfonamides is 1. The zero-order valence-electron chi connectivity index (χ0n) is 12.2. The predicted octanol–water partition coefficient (Wildman–Crippen LogP) is 2.26. The van der Waals surface area contributed by atoms with E-state index < -0.39 is 15.8 Å². The van der Waals surface area contributed by atoms with Crippen LogP contribution >= 0.6 is 0 Å². The molecule has 4 nitrogen and oxygen atoms in total. The summed E-state index contributed by atoms with van der Waals surface area (Å²) in [5.74, 6) is -0.539. The minimum Gasteiger partial charge on any atom is -0.313 e. The first-order valence-corrected chi connectivity index (χ1v) is 8.34. The molecule has 2 N–H and O–H groups in total. The fourth-order valence-corrected chi connectivity index (χ4v) is 2.91. The van der Waals surface area contributed by atoms with Crippen LogP contribution in [0, 0.1) is 11.7 Å². The zero-order valence-corrected chi connectivity index (χ0v) is 13.1. The van der Waals surface area contributed by atoms with Crippen molar-refractivity contribution >= 4 is 10.0 Å². The molecule has 1 rings (SSSR count). The maximum absolute atomic E-state index is 13.9. The molecule has 0 amide bonds. The number of rotatable bonds is 8. The van der Waals surface area contributed by atoms with Crippen LogP contribution in [0.4, 0.5) is 4.39 Å². The van der Waals surface area contributed by atoms with Crippen molar-refractivity contribution in [2.75, 3.05) is 13.1 Å². The van der Waals surface area contributed by atoms with Gasteiger partial charge in [0.05, 0.1) is 0 Å². The van der Waals surface area contributed by atoms with Crippen LogP contribution < -0.4 is 10.0 Å². The quantitative estimate of drug-likeness (QED) is 0.724. The lowest BCUT2D eigenvalue weighted by Crippen LogP contribution is -2.28. The Labute approximate surface area is 120 Å². The molecule has 0 heterocycles. The van der Waals surface area contributed by atoms with E-state index in [4.69, 9.17) is 0 Å². The molecule has 0 unspecified atom stereocenters. The molecule has 0 aliphatic heterocycles. The molecule has 20 heavy (non-hydrogen) atoms. The third kappa shape index (κ3) is 5.19. The summed E-state index contributed by atoms with van der Waals surface area (Å²) in [6.07, 6.45) is 0.994. The van der Waals surface area contributed by atoms with Gasteiger partial charge < -0.3 is 5.32 Å². The highest BCUT2D eigenvalue weighted by molar-refractivity contribution is 7.89. The van der Waals surface area contributed by atoms with E-state index >= 15 is 0 Å². The molecule has 0 radical (unpaired) electrons. The number of hydrogen-bond acceptors (Lipinski definition) is 3. The van der Waals surface area contributed by atoms with Gasteiger partial charge in [0.2, 0.25) is 10.0 Å². The predicted molar refractivity (Wildman–Crippen MR) is 78.4 cm³/mol. The summed E-state index contributed by atoms with van der Waals surface area (Å²) >= 11 is 0. The molecule has 0 aliphatic rings. The molecule has 0 fully saturated rings. The molecule has 0 saturated heterocycles. The van der Waals surface area contributed by atoms with E-state index in [0.29, 0.717) is 13.1 Å². The molecule has 0 spiro atoms. The average Bonchev–Trinajstić information content (AvgIpc) is 2.37. The maximum Gasteiger partial charge on any atom is 0.243 e. The van der Waals surface area contributed by atoms with Gasteiger partial charge >= 0.3 is 0 Å². The van der Waals surface area contributed by atoms with Gasteiger partial charge in [0.15, 0.2) is 0 Å². The summed E-state index contributed by atoms with van der Waals surface area (Å²) in [5, 5.41) is 3.15. The second-order valence-corrected chi connectivity index (χ2v) is 6.92. The molecule has 6 heteroatoms. The summed E-state index contributed by atoms with van der Waals surface area (Å²) in [6.45, 7) is 7.50. The third-order valence-corrected chi connectivity index (χ3v) is 4.18. The van der Waals surface area contributed by atoms with Gasteiger partial charge in [0, 0.05) is 13.1 Å². The molecular formula is C14H23FN2O2S. The fourth-order valence-electron chi connectivity index (χ4n) is 1.64. The Morgan fingerprint density at radius 3 is 2.55 bits per heavy atom. The maximum atomic E-state index is 13.9. The van der Waals surface area contributed by atoms with Crippen LogP contribution in [-0.2, 0) is 16.6 Å². The van der Waals surface area contributed by atoms with Crippen molar-refractivity contribution in [3.8, 4) is 0 Å². The monoisotopic (exact) mass is 302 g/mol. The highest BCUT2D eigenvalue weighted by atomic mass is 32.2. The molecule has 1 aromatic carbocycles. The molecule has 0 aromatic heterocycles. The van der Waals surface area contributed by atoms with Gasteiger partial charge in [-0.05, 0) is 36.6 Å². The van der Waals surface area contributed by atoms with Crippen molar-refractivity contribution in [2.45, 2.75) is 38.6 Å². The topological polar surface area (TPSA) is 58.2 Å². The number of hydrogen-bond donors (Lipinski definition) is 2. The first-order valence-electron chi connectivity index (χ1n) is 6.85. The first-order chi connectivity index (χ1) is 9.36. The van der Waals surface area contributed by atoms with Crippen LogP contribution in [0.3, 0.4) is 0 Å². The Morgan fingerprint density at radius 2 is 2.00 bits per heavy atom. The van der Waals surface area contributed by atoms with Gasteiger partial charge in [-0.3, -0.25) is 0 Å². The lowest BCUT2D eigenvalue weighted by atomic mass is 10.2. The molecule has 0 saturated carbocycles. The first kappa shape index (κ1) is 17.1. The van der Waals surface area contributed by atoms with Crippen LogP contribution in [-0.4, -0.2) is 21.5 Å². The van der Waals surface area contributed by atoms with Crippen molar-refractivity contribution in [2.24, 2.45) is 5.92 Å². The van der Waals surface area contributed by atoms with Crippen molar-refractivity contribution in [3.05, 3.63) is 29.6 Å². The van der Waals surface area contributed by atoms with Gasteiger partial charge in [-0.2, -0.15) is 0 Å². The zero-order chi connectivity index (χ0) is 15.2. The molecule has 114 valence electrons. The van der Waals surface area contributed by atoms with Gasteiger partial charge in [-0.15, -0.1) is 0 Å². The summed E-state index contributed by atoms with van der Waals surface area (Å²) in [6, 6.07) is 4.23. The molecule has 0 aliphatic carbocycles. The smallest absolute Gasteiger partial charge is 0.243 e. The van der Waals surface area contributed by atoms with Crippen LogP contribution in [0.1, 0.15) is 32.8 Å². The third-order valence-electron chi connectivity index (χ3n) is 2.72. The summed E-state index contributed by atoms with van der Waals surface area (Å²) in [4.78, 5) is -0.294. The standard InChI is InChI=1S/C14H23FN2O2S/c1-4-7-16-10-12-5-6-14(13(15)8-12)20(18,19)17-9-11(2)3/h5-6,8,11,16-17H,4,7,9-10H2,1-3H3. The Bertz CT molecular complexity index is 530. The SMILES string of the molecule is CCCNCc1ccc(S(=O)(=O)NCC(C)C)c(F)c1. The number of benzene rings is 1. The van der Waals surface area contributed by atoms with E-state index in [9.17, 15) is 12.8 Å². The van der Waals surface area contributed by atoms with E-state index in [2.05, 4.69) is 10.0 Å². The van der Waals surface area contributed by atoms with Gasteiger partial charge in [0.1, 0.15) is 10.7 Å². The van der Waals surface area contributed by atoms with Gasteiger partial charge in [-0.25, -0.2) is 17.5 Å². The largest absolute Gasteiger partial charge is 0.313 e. The summed E-state index contributed by atoms with van der Waals surface area (Å²) < 4.78 is 40.3. The Morgan fingerprint density at radius 1 is 1.30 bits per heavy atom. The van der Waals surface area contributed by atoms with Crippen LogP contribution in [0.25, 0.3) is 0 Å². The normalized spacial score (nSPS) is 12.1.